The Morgan fingerprint density at radius 2 is 1.59 bits per heavy atom. The van der Waals surface area contributed by atoms with Crippen molar-refractivity contribution in [2.75, 3.05) is 11.9 Å². The lowest BCUT2D eigenvalue weighted by atomic mass is 10.0. The number of amides is 1. The van der Waals surface area contributed by atoms with Crippen molar-refractivity contribution >= 4 is 27.6 Å². The van der Waals surface area contributed by atoms with Crippen LogP contribution < -0.4 is 10.0 Å². The Hall–Kier alpha value is -2.71. The summed E-state index contributed by atoms with van der Waals surface area (Å²) in [5.74, 6) is -0.829. The molecule has 2 rings (SSSR count). The summed E-state index contributed by atoms with van der Waals surface area (Å²) in [5, 5.41) is 2.63. The van der Waals surface area contributed by atoms with Gasteiger partial charge in [-0.3, -0.25) is 9.59 Å². The van der Waals surface area contributed by atoms with Crippen molar-refractivity contribution in [2.45, 2.75) is 44.1 Å². The van der Waals surface area contributed by atoms with Crippen molar-refractivity contribution in [3.63, 3.8) is 0 Å². The molecule has 0 saturated heterocycles. The number of carbonyl (C=O) groups is 2. The number of hydrogen-bond acceptors (Lipinski definition) is 5. The summed E-state index contributed by atoms with van der Waals surface area (Å²) in [4.78, 5) is 24.1. The molecule has 0 radical (unpaired) electrons. The lowest BCUT2D eigenvalue weighted by Gasteiger charge is -2.14. The fourth-order valence-corrected chi connectivity index (χ4v) is 3.51. The molecule has 2 aromatic rings. The molecule has 7 nitrogen and oxygen atoms in total. The molecule has 156 valence electrons. The Morgan fingerprint density at radius 1 is 0.966 bits per heavy atom. The van der Waals surface area contributed by atoms with E-state index in [1.54, 1.807) is 36.4 Å². The van der Waals surface area contributed by atoms with Gasteiger partial charge in [0.2, 0.25) is 10.0 Å². The fourth-order valence-electron chi connectivity index (χ4n) is 2.48. The Morgan fingerprint density at radius 3 is 2.17 bits per heavy atom. The minimum absolute atomic E-state index is 0.125. The highest BCUT2D eigenvalue weighted by molar-refractivity contribution is 7.89. The first kappa shape index (κ1) is 22.6. The maximum atomic E-state index is 12.3. The van der Waals surface area contributed by atoms with E-state index in [0.29, 0.717) is 11.6 Å². The lowest BCUT2D eigenvalue weighted by molar-refractivity contribution is -0.152. The van der Waals surface area contributed by atoms with E-state index in [1.165, 1.54) is 19.1 Å². The number of hydrogen-bond donors (Lipinski definition) is 2. The third-order valence-corrected chi connectivity index (χ3v) is 5.67. The van der Waals surface area contributed by atoms with Gasteiger partial charge in [0.25, 0.3) is 5.91 Å². The average Bonchev–Trinajstić information content (AvgIpc) is 2.68. The van der Waals surface area contributed by atoms with Crippen LogP contribution in [0.1, 0.15) is 38.7 Å². The van der Waals surface area contributed by atoms with Crippen LogP contribution in [-0.4, -0.2) is 32.9 Å². The highest BCUT2D eigenvalue weighted by atomic mass is 32.2. The van der Waals surface area contributed by atoms with Crippen LogP contribution in [0.2, 0.25) is 0 Å². The second-order valence-corrected chi connectivity index (χ2v) is 8.63. The van der Waals surface area contributed by atoms with Gasteiger partial charge in [-0.25, -0.2) is 13.1 Å². The molecule has 1 amide bonds. The number of esters is 1. The zero-order valence-corrected chi connectivity index (χ0v) is 17.5. The van der Waals surface area contributed by atoms with Crippen molar-refractivity contribution in [2.24, 2.45) is 0 Å². The molecule has 2 N–H and O–H groups in total. The Labute approximate surface area is 171 Å². The SMILES string of the molecule is CC(C)c1ccc(S(=O)(=O)NCCC(=O)O[C@@H](C)C(=O)Nc2ccccc2)cc1. The van der Waals surface area contributed by atoms with Crippen molar-refractivity contribution in [1.29, 1.82) is 0 Å². The van der Waals surface area contributed by atoms with E-state index in [1.807, 2.05) is 19.9 Å². The summed E-state index contributed by atoms with van der Waals surface area (Å²) in [6, 6.07) is 15.4. The number of sulfonamides is 1. The van der Waals surface area contributed by atoms with Crippen LogP contribution in [0.3, 0.4) is 0 Å². The topological polar surface area (TPSA) is 102 Å². The van der Waals surface area contributed by atoms with E-state index >= 15 is 0 Å². The fraction of sp³-hybridized carbons (Fsp3) is 0.333. The van der Waals surface area contributed by atoms with Gasteiger partial charge in [0.05, 0.1) is 11.3 Å². The molecule has 0 aliphatic heterocycles. The molecule has 0 unspecified atom stereocenters. The van der Waals surface area contributed by atoms with Crippen molar-refractivity contribution in [1.82, 2.24) is 4.72 Å². The van der Waals surface area contributed by atoms with E-state index in [9.17, 15) is 18.0 Å². The monoisotopic (exact) mass is 418 g/mol. The summed E-state index contributed by atoms with van der Waals surface area (Å²) < 4.78 is 32.0. The van der Waals surface area contributed by atoms with Crippen LogP contribution in [0.4, 0.5) is 5.69 Å². The summed E-state index contributed by atoms with van der Waals surface area (Å²) in [5.41, 5.74) is 1.63. The molecule has 0 aliphatic rings. The molecule has 0 aromatic heterocycles. The summed E-state index contributed by atoms with van der Waals surface area (Å²) in [7, 11) is -3.72. The van der Waals surface area contributed by atoms with Crippen LogP contribution in [0.5, 0.6) is 0 Å². The number of para-hydroxylation sites is 1. The minimum atomic E-state index is -3.72. The van der Waals surface area contributed by atoms with Crippen molar-refractivity contribution in [3.8, 4) is 0 Å². The standard InChI is InChI=1S/C21H26N2O5S/c1-15(2)17-9-11-19(12-10-17)29(26,27)22-14-13-20(24)28-16(3)21(25)23-18-7-5-4-6-8-18/h4-12,15-16,22H,13-14H2,1-3H3,(H,23,25)/t16-/m0/s1. The van der Waals surface area contributed by atoms with E-state index in [2.05, 4.69) is 10.0 Å². The molecular formula is C21H26N2O5S. The Bertz CT molecular complexity index is 925. The first-order chi connectivity index (χ1) is 13.7. The molecule has 2 aromatic carbocycles. The maximum absolute atomic E-state index is 12.3. The first-order valence-electron chi connectivity index (χ1n) is 9.34. The maximum Gasteiger partial charge on any atom is 0.307 e. The molecule has 0 bridgehead atoms. The van der Waals surface area contributed by atoms with Gasteiger partial charge in [0.15, 0.2) is 6.10 Å². The molecule has 29 heavy (non-hydrogen) atoms. The van der Waals surface area contributed by atoms with E-state index in [0.717, 1.165) is 5.56 Å². The van der Waals surface area contributed by atoms with Crippen LogP contribution >= 0.6 is 0 Å². The normalized spacial score (nSPS) is 12.4. The van der Waals surface area contributed by atoms with Gasteiger partial charge < -0.3 is 10.1 Å². The summed E-state index contributed by atoms with van der Waals surface area (Å²) in [6.07, 6.45) is -1.19. The molecule has 8 heteroatoms. The van der Waals surface area contributed by atoms with E-state index < -0.39 is 28.0 Å². The number of benzene rings is 2. The summed E-state index contributed by atoms with van der Waals surface area (Å²) >= 11 is 0. The highest BCUT2D eigenvalue weighted by Crippen LogP contribution is 2.17. The minimum Gasteiger partial charge on any atom is -0.452 e. The predicted molar refractivity (Wildman–Crippen MR) is 111 cm³/mol. The van der Waals surface area contributed by atoms with Crippen LogP contribution in [0.15, 0.2) is 59.5 Å². The molecule has 0 heterocycles. The zero-order chi connectivity index (χ0) is 21.4. The van der Waals surface area contributed by atoms with Gasteiger partial charge in [-0.15, -0.1) is 0 Å². The first-order valence-corrected chi connectivity index (χ1v) is 10.8. The zero-order valence-electron chi connectivity index (χ0n) is 16.7. The summed E-state index contributed by atoms with van der Waals surface area (Å²) in [6.45, 7) is 5.37. The molecular weight excluding hydrogens is 392 g/mol. The molecule has 0 spiro atoms. The van der Waals surface area contributed by atoms with Gasteiger partial charge in [0, 0.05) is 12.2 Å². The molecule has 0 saturated carbocycles. The molecule has 0 aliphatic carbocycles. The molecule has 1 atom stereocenters. The third-order valence-electron chi connectivity index (χ3n) is 4.20. The Kier molecular flexibility index (Phi) is 7.92. The largest absolute Gasteiger partial charge is 0.452 e. The predicted octanol–water partition coefficient (Wildman–Crippen LogP) is 3.05. The van der Waals surface area contributed by atoms with Gasteiger partial charge in [-0.05, 0) is 42.7 Å². The quantitative estimate of drug-likeness (QED) is 0.610. The number of ether oxygens (including phenoxy) is 1. The lowest BCUT2D eigenvalue weighted by Crippen LogP contribution is -2.32. The number of rotatable bonds is 9. The third kappa shape index (κ3) is 6.99. The molecule has 0 fully saturated rings. The average molecular weight is 419 g/mol. The van der Waals surface area contributed by atoms with Crippen molar-refractivity contribution in [3.05, 3.63) is 60.2 Å². The number of carbonyl (C=O) groups excluding carboxylic acids is 2. The van der Waals surface area contributed by atoms with E-state index in [-0.39, 0.29) is 17.9 Å². The van der Waals surface area contributed by atoms with Gasteiger partial charge in [-0.1, -0.05) is 44.2 Å². The van der Waals surface area contributed by atoms with Crippen LogP contribution in [0.25, 0.3) is 0 Å². The van der Waals surface area contributed by atoms with E-state index in [4.69, 9.17) is 4.74 Å². The highest BCUT2D eigenvalue weighted by Gasteiger charge is 2.19. The van der Waals surface area contributed by atoms with Gasteiger partial charge in [0.1, 0.15) is 0 Å². The van der Waals surface area contributed by atoms with Crippen LogP contribution in [-0.2, 0) is 24.3 Å². The smallest absolute Gasteiger partial charge is 0.307 e. The van der Waals surface area contributed by atoms with Crippen LogP contribution in [0, 0.1) is 0 Å². The number of anilines is 1. The van der Waals surface area contributed by atoms with Crippen molar-refractivity contribution < 1.29 is 22.7 Å². The van der Waals surface area contributed by atoms with Gasteiger partial charge in [-0.2, -0.15) is 0 Å². The number of nitrogens with one attached hydrogen (secondary N) is 2. The van der Waals surface area contributed by atoms with Gasteiger partial charge >= 0.3 is 5.97 Å². The second kappa shape index (κ2) is 10.2. The second-order valence-electron chi connectivity index (χ2n) is 6.86. The Balaban J connectivity index is 1.80.